The van der Waals surface area contributed by atoms with Crippen LogP contribution in [0, 0.1) is 11.8 Å². The van der Waals surface area contributed by atoms with Gasteiger partial charge >= 0.3 is 5.97 Å². The van der Waals surface area contributed by atoms with Crippen LogP contribution in [0.3, 0.4) is 0 Å². The lowest BCUT2D eigenvalue weighted by Gasteiger charge is -2.17. The highest BCUT2D eigenvalue weighted by molar-refractivity contribution is 5.87. The number of fused-ring (bicyclic) bond motifs is 2. The van der Waals surface area contributed by atoms with Gasteiger partial charge in [-0.25, -0.2) is 14.8 Å². The lowest BCUT2D eigenvalue weighted by molar-refractivity contribution is 0.0593. The Morgan fingerprint density at radius 1 is 1.35 bits per heavy atom. The van der Waals surface area contributed by atoms with Crippen LogP contribution in [0.4, 0.5) is 0 Å². The van der Waals surface area contributed by atoms with Crippen LogP contribution in [0.5, 0.6) is 0 Å². The molecule has 17 heavy (non-hydrogen) atoms. The number of esters is 1. The second-order valence-electron chi connectivity index (χ2n) is 4.71. The summed E-state index contributed by atoms with van der Waals surface area (Å²) < 4.78 is 4.67. The minimum absolute atomic E-state index is 0.351. The third-order valence-corrected chi connectivity index (χ3v) is 3.74. The SMILES string of the molecule is COC(=O)c1cc(C2CC3C=CC2C3)ncn1. The van der Waals surface area contributed by atoms with Crippen LogP contribution in [-0.2, 0) is 4.74 Å². The first-order chi connectivity index (χ1) is 8.28. The van der Waals surface area contributed by atoms with Crippen molar-refractivity contribution in [2.45, 2.75) is 18.8 Å². The molecule has 1 heterocycles. The van der Waals surface area contributed by atoms with Crippen LogP contribution in [0.2, 0.25) is 0 Å². The molecule has 1 fully saturated rings. The number of ether oxygens (including phenoxy) is 1. The first-order valence-corrected chi connectivity index (χ1v) is 5.86. The lowest BCUT2D eigenvalue weighted by atomic mass is 9.90. The molecule has 3 unspecified atom stereocenters. The zero-order valence-electron chi connectivity index (χ0n) is 9.67. The van der Waals surface area contributed by atoms with Crippen LogP contribution in [0.25, 0.3) is 0 Å². The fraction of sp³-hybridized carbons (Fsp3) is 0.462. The smallest absolute Gasteiger partial charge is 0.356 e. The summed E-state index contributed by atoms with van der Waals surface area (Å²) in [5, 5.41) is 0. The molecule has 88 valence electrons. The number of hydrogen-bond acceptors (Lipinski definition) is 4. The predicted molar refractivity (Wildman–Crippen MR) is 61.5 cm³/mol. The fourth-order valence-corrected chi connectivity index (χ4v) is 2.91. The van der Waals surface area contributed by atoms with E-state index in [1.807, 2.05) is 0 Å². The maximum Gasteiger partial charge on any atom is 0.356 e. The molecule has 3 atom stereocenters. The minimum atomic E-state index is -0.396. The van der Waals surface area contributed by atoms with Crippen LogP contribution in [0.1, 0.15) is 34.9 Å². The predicted octanol–water partition coefficient (Wildman–Crippen LogP) is 1.94. The van der Waals surface area contributed by atoms with Gasteiger partial charge in [0, 0.05) is 11.6 Å². The first kappa shape index (κ1) is 10.4. The van der Waals surface area contributed by atoms with Crippen molar-refractivity contribution < 1.29 is 9.53 Å². The summed E-state index contributed by atoms with van der Waals surface area (Å²) in [6.45, 7) is 0. The fourth-order valence-electron chi connectivity index (χ4n) is 2.91. The summed E-state index contributed by atoms with van der Waals surface area (Å²) in [6.07, 6.45) is 8.39. The van der Waals surface area contributed by atoms with Gasteiger partial charge < -0.3 is 4.74 Å². The minimum Gasteiger partial charge on any atom is -0.464 e. The van der Waals surface area contributed by atoms with E-state index in [2.05, 4.69) is 26.9 Å². The molecule has 0 aromatic carbocycles. The van der Waals surface area contributed by atoms with E-state index in [9.17, 15) is 4.79 Å². The Morgan fingerprint density at radius 2 is 2.24 bits per heavy atom. The van der Waals surface area contributed by atoms with Crippen molar-refractivity contribution in [2.75, 3.05) is 7.11 Å². The van der Waals surface area contributed by atoms with E-state index in [1.165, 1.54) is 19.9 Å². The molecule has 1 saturated carbocycles. The van der Waals surface area contributed by atoms with Crippen molar-refractivity contribution in [2.24, 2.45) is 11.8 Å². The molecular formula is C13H14N2O2. The molecule has 0 radical (unpaired) electrons. The van der Waals surface area contributed by atoms with Crippen molar-refractivity contribution in [1.82, 2.24) is 9.97 Å². The Hall–Kier alpha value is -1.71. The zero-order valence-corrected chi connectivity index (χ0v) is 9.67. The van der Waals surface area contributed by atoms with E-state index in [-0.39, 0.29) is 0 Å². The third-order valence-electron chi connectivity index (χ3n) is 3.74. The average Bonchev–Trinajstić information content (AvgIpc) is 3.00. The van der Waals surface area contributed by atoms with Crippen molar-refractivity contribution in [3.63, 3.8) is 0 Å². The van der Waals surface area contributed by atoms with E-state index in [0.717, 1.165) is 12.1 Å². The number of methoxy groups -OCH3 is 1. The van der Waals surface area contributed by atoms with Crippen LogP contribution >= 0.6 is 0 Å². The van der Waals surface area contributed by atoms with E-state index in [0.29, 0.717) is 23.4 Å². The van der Waals surface area contributed by atoms with Crippen LogP contribution in [0.15, 0.2) is 24.5 Å². The number of allylic oxidation sites excluding steroid dienone is 2. The van der Waals surface area contributed by atoms with Crippen molar-refractivity contribution >= 4 is 5.97 Å². The molecule has 0 spiro atoms. The Bertz CT molecular complexity index is 484. The number of hydrogen-bond donors (Lipinski definition) is 0. The summed E-state index contributed by atoms with van der Waals surface area (Å²) in [7, 11) is 1.37. The van der Waals surface area contributed by atoms with Gasteiger partial charge in [-0.3, -0.25) is 0 Å². The summed E-state index contributed by atoms with van der Waals surface area (Å²) in [5.74, 6) is 1.32. The van der Waals surface area contributed by atoms with Gasteiger partial charge in [-0.15, -0.1) is 0 Å². The third kappa shape index (κ3) is 1.73. The Labute approximate surface area is 99.7 Å². The maximum absolute atomic E-state index is 11.4. The summed E-state index contributed by atoms with van der Waals surface area (Å²) in [5.41, 5.74) is 1.32. The van der Waals surface area contributed by atoms with Gasteiger partial charge in [0.15, 0.2) is 5.69 Å². The number of carbonyl (C=O) groups is 1. The highest BCUT2D eigenvalue weighted by Gasteiger charge is 2.37. The van der Waals surface area contributed by atoms with Crippen molar-refractivity contribution in [3.05, 3.63) is 35.9 Å². The number of carbonyl (C=O) groups excluding carboxylic acids is 1. The standard InChI is InChI=1S/C13H14N2O2/c1-17-13(16)12-6-11(14-7-15-12)10-5-8-2-3-9(10)4-8/h2-3,6-10H,4-5H2,1H3. The number of nitrogens with zero attached hydrogens (tertiary/aromatic N) is 2. The second kappa shape index (κ2) is 3.95. The van der Waals surface area contributed by atoms with Crippen molar-refractivity contribution in [3.8, 4) is 0 Å². The van der Waals surface area contributed by atoms with Gasteiger partial charge in [-0.05, 0) is 30.7 Å². The molecule has 2 aliphatic carbocycles. The molecule has 3 rings (SSSR count). The first-order valence-electron chi connectivity index (χ1n) is 5.86. The van der Waals surface area contributed by atoms with Gasteiger partial charge in [0.05, 0.1) is 7.11 Å². The number of aromatic nitrogens is 2. The molecule has 0 amide bonds. The molecule has 2 aliphatic rings. The monoisotopic (exact) mass is 230 g/mol. The molecule has 1 aromatic heterocycles. The Kier molecular flexibility index (Phi) is 2.42. The van der Waals surface area contributed by atoms with Gasteiger partial charge in [-0.2, -0.15) is 0 Å². The molecule has 0 saturated heterocycles. The van der Waals surface area contributed by atoms with E-state index >= 15 is 0 Å². The van der Waals surface area contributed by atoms with Crippen molar-refractivity contribution in [1.29, 1.82) is 0 Å². The largest absolute Gasteiger partial charge is 0.464 e. The summed E-state index contributed by atoms with van der Waals surface area (Å²) in [6, 6.07) is 1.77. The highest BCUT2D eigenvalue weighted by atomic mass is 16.5. The van der Waals surface area contributed by atoms with Gasteiger partial charge in [0.1, 0.15) is 6.33 Å². The summed E-state index contributed by atoms with van der Waals surface area (Å²) in [4.78, 5) is 19.7. The number of rotatable bonds is 2. The normalized spacial score (nSPS) is 29.6. The molecule has 2 bridgehead atoms. The Morgan fingerprint density at radius 3 is 2.88 bits per heavy atom. The molecule has 0 aliphatic heterocycles. The molecular weight excluding hydrogens is 216 g/mol. The lowest BCUT2D eigenvalue weighted by Crippen LogP contribution is -2.11. The molecule has 1 aromatic rings. The van der Waals surface area contributed by atoms with E-state index in [1.54, 1.807) is 6.07 Å². The zero-order chi connectivity index (χ0) is 11.8. The van der Waals surface area contributed by atoms with Gasteiger partial charge in [0.25, 0.3) is 0 Å². The van der Waals surface area contributed by atoms with Crippen LogP contribution in [-0.4, -0.2) is 23.0 Å². The van der Waals surface area contributed by atoms with Gasteiger partial charge in [0.2, 0.25) is 0 Å². The Balaban J connectivity index is 1.89. The maximum atomic E-state index is 11.4. The molecule has 0 N–H and O–H groups in total. The van der Waals surface area contributed by atoms with E-state index < -0.39 is 5.97 Å². The average molecular weight is 230 g/mol. The quantitative estimate of drug-likeness (QED) is 0.575. The second-order valence-corrected chi connectivity index (χ2v) is 4.71. The summed E-state index contributed by atoms with van der Waals surface area (Å²) >= 11 is 0. The topological polar surface area (TPSA) is 52.1 Å². The van der Waals surface area contributed by atoms with Gasteiger partial charge in [-0.1, -0.05) is 12.2 Å². The molecule has 4 nitrogen and oxygen atoms in total. The van der Waals surface area contributed by atoms with Crippen LogP contribution < -0.4 is 0 Å². The van der Waals surface area contributed by atoms with E-state index in [4.69, 9.17) is 0 Å². The molecule has 4 heteroatoms. The highest BCUT2D eigenvalue weighted by Crippen LogP contribution is 2.48.